The standard InChI is InChI=1S/C14H20N4O2/c1-10-4-3-7-18(9-10)14(19)16-12-6-2-5-11(8-12)13(15)17-20/h2,5-6,8,10,20H,3-4,7,9H2,1H3,(H2,15,17)(H,16,19). The van der Waals surface area contributed by atoms with E-state index in [0.717, 1.165) is 19.5 Å². The van der Waals surface area contributed by atoms with Gasteiger partial charge in [-0.2, -0.15) is 0 Å². The first-order valence-electron chi connectivity index (χ1n) is 6.74. The SMILES string of the molecule is CC1CCCN(C(=O)Nc2cccc(C(N)=NO)c2)C1. The van der Waals surface area contributed by atoms with Crippen LogP contribution in [0.4, 0.5) is 10.5 Å². The molecule has 2 rings (SSSR count). The van der Waals surface area contributed by atoms with Crippen LogP contribution >= 0.6 is 0 Å². The number of piperidine rings is 1. The summed E-state index contributed by atoms with van der Waals surface area (Å²) in [7, 11) is 0. The predicted molar refractivity (Wildman–Crippen MR) is 77.9 cm³/mol. The van der Waals surface area contributed by atoms with E-state index in [0.29, 0.717) is 17.2 Å². The van der Waals surface area contributed by atoms with Crippen LogP contribution < -0.4 is 11.1 Å². The highest BCUT2D eigenvalue weighted by Crippen LogP contribution is 2.17. The van der Waals surface area contributed by atoms with Crippen LogP contribution in [0, 0.1) is 5.92 Å². The lowest BCUT2D eigenvalue weighted by Gasteiger charge is -2.30. The van der Waals surface area contributed by atoms with Crippen molar-refractivity contribution in [2.45, 2.75) is 19.8 Å². The van der Waals surface area contributed by atoms with Crippen LogP contribution in [-0.4, -0.2) is 35.1 Å². The zero-order valence-corrected chi connectivity index (χ0v) is 11.5. The zero-order chi connectivity index (χ0) is 14.5. The first-order chi connectivity index (χ1) is 9.60. The number of hydrogen-bond acceptors (Lipinski definition) is 3. The van der Waals surface area contributed by atoms with Gasteiger partial charge < -0.3 is 21.2 Å². The Hall–Kier alpha value is -2.24. The number of hydrogen-bond donors (Lipinski definition) is 3. The van der Waals surface area contributed by atoms with E-state index in [9.17, 15) is 4.79 Å². The summed E-state index contributed by atoms with van der Waals surface area (Å²) in [4.78, 5) is 14.0. The molecule has 0 radical (unpaired) electrons. The molecule has 1 aromatic rings. The van der Waals surface area contributed by atoms with Crippen LogP contribution in [0.1, 0.15) is 25.3 Å². The molecule has 0 aromatic heterocycles. The number of urea groups is 1. The molecule has 0 aliphatic carbocycles. The van der Waals surface area contributed by atoms with E-state index >= 15 is 0 Å². The van der Waals surface area contributed by atoms with Crippen molar-refractivity contribution >= 4 is 17.6 Å². The van der Waals surface area contributed by atoms with E-state index in [-0.39, 0.29) is 11.9 Å². The van der Waals surface area contributed by atoms with Crippen molar-refractivity contribution in [3.8, 4) is 0 Å². The highest BCUT2D eigenvalue weighted by Gasteiger charge is 2.20. The van der Waals surface area contributed by atoms with Crippen LogP contribution in [0.15, 0.2) is 29.4 Å². The predicted octanol–water partition coefficient (Wildman–Crippen LogP) is 2.04. The number of nitrogens with zero attached hydrogens (tertiary/aromatic N) is 2. The Balaban J connectivity index is 2.04. The number of rotatable bonds is 2. The topological polar surface area (TPSA) is 91.0 Å². The van der Waals surface area contributed by atoms with Gasteiger partial charge in [-0.3, -0.25) is 0 Å². The molecule has 4 N–H and O–H groups in total. The molecule has 0 spiro atoms. The number of nitrogens with one attached hydrogen (secondary N) is 1. The molecular formula is C14H20N4O2. The van der Waals surface area contributed by atoms with Crippen molar-refractivity contribution in [3.05, 3.63) is 29.8 Å². The van der Waals surface area contributed by atoms with Crippen molar-refractivity contribution in [1.29, 1.82) is 0 Å². The second kappa shape index (κ2) is 6.27. The van der Waals surface area contributed by atoms with Gasteiger partial charge in [0.25, 0.3) is 0 Å². The van der Waals surface area contributed by atoms with Crippen LogP contribution in [0.25, 0.3) is 0 Å². The van der Waals surface area contributed by atoms with Gasteiger partial charge in [-0.1, -0.05) is 24.2 Å². The van der Waals surface area contributed by atoms with Gasteiger partial charge in [0.1, 0.15) is 0 Å². The fourth-order valence-electron chi connectivity index (χ4n) is 2.39. The van der Waals surface area contributed by atoms with Gasteiger partial charge in [0.05, 0.1) is 0 Å². The van der Waals surface area contributed by atoms with E-state index in [4.69, 9.17) is 10.9 Å². The molecule has 0 bridgehead atoms. The lowest BCUT2D eigenvalue weighted by molar-refractivity contribution is 0.182. The van der Waals surface area contributed by atoms with Gasteiger partial charge >= 0.3 is 6.03 Å². The molecule has 20 heavy (non-hydrogen) atoms. The normalized spacial score (nSPS) is 19.8. The van der Waals surface area contributed by atoms with Gasteiger partial charge in [-0.25, -0.2) is 4.79 Å². The number of benzene rings is 1. The third-order valence-electron chi connectivity index (χ3n) is 3.46. The smallest absolute Gasteiger partial charge is 0.321 e. The average molecular weight is 276 g/mol. The maximum Gasteiger partial charge on any atom is 0.321 e. The van der Waals surface area contributed by atoms with Gasteiger partial charge in [-0.05, 0) is 30.9 Å². The summed E-state index contributed by atoms with van der Waals surface area (Å²) in [5.41, 5.74) is 6.74. The Kier molecular flexibility index (Phi) is 4.45. The number of amides is 2. The lowest BCUT2D eigenvalue weighted by atomic mass is 10.0. The summed E-state index contributed by atoms with van der Waals surface area (Å²) in [6.07, 6.45) is 2.21. The third kappa shape index (κ3) is 3.40. The monoisotopic (exact) mass is 276 g/mol. The quantitative estimate of drug-likeness (QED) is 0.334. The maximum atomic E-state index is 12.2. The van der Waals surface area contributed by atoms with E-state index < -0.39 is 0 Å². The molecule has 1 heterocycles. The second-order valence-electron chi connectivity index (χ2n) is 5.19. The number of carbonyl (C=O) groups is 1. The number of oxime groups is 1. The summed E-state index contributed by atoms with van der Waals surface area (Å²) in [6.45, 7) is 3.72. The molecule has 2 amide bonds. The molecule has 1 aliphatic heterocycles. The first kappa shape index (κ1) is 14.2. The second-order valence-corrected chi connectivity index (χ2v) is 5.19. The summed E-state index contributed by atoms with van der Waals surface area (Å²) < 4.78 is 0. The molecule has 1 saturated heterocycles. The van der Waals surface area contributed by atoms with Crippen LogP contribution in [0.5, 0.6) is 0 Å². The summed E-state index contributed by atoms with van der Waals surface area (Å²) in [5, 5.41) is 14.5. The molecule has 1 fully saturated rings. The molecule has 6 nitrogen and oxygen atoms in total. The summed E-state index contributed by atoms with van der Waals surface area (Å²) in [6, 6.07) is 6.82. The number of nitrogens with two attached hydrogens (primary N) is 1. The Morgan fingerprint density at radius 2 is 2.35 bits per heavy atom. The fourth-order valence-corrected chi connectivity index (χ4v) is 2.39. The van der Waals surface area contributed by atoms with Gasteiger partial charge in [-0.15, -0.1) is 0 Å². The van der Waals surface area contributed by atoms with Crippen LogP contribution in [0.2, 0.25) is 0 Å². The van der Waals surface area contributed by atoms with Crippen LogP contribution in [0.3, 0.4) is 0 Å². The average Bonchev–Trinajstić information content (AvgIpc) is 2.46. The highest BCUT2D eigenvalue weighted by molar-refractivity contribution is 5.99. The van der Waals surface area contributed by atoms with Crippen molar-refractivity contribution in [1.82, 2.24) is 4.90 Å². The Bertz CT molecular complexity index is 516. The van der Waals surface area contributed by atoms with Crippen LogP contribution in [-0.2, 0) is 0 Å². The number of amidine groups is 1. The van der Waals surface area contributed by atoms with E-state index in [1.165, 1.54) is 6.42 Å². The van der Waals surface area contributed by atoms with E-state index in [1.807, 2.05) is 4.90 Å². The Morgan fingerprint density at radius 1 is 1.55 bits per heavy atom. The molecule has 6 heteroatoms. The van der Waals surface area contributed by atoms with Crippen molar-refractivity contribution < 1.29 is 10.0 Å². The number of likely N-dealkylation sites (tertiary alicyclic amines) is 1. The molecule has 0 saturated carbocycles. The first-order valence-corrected chi connectivity index (χ1v) is 6.74. The van der Waals surface area contributed by atoms with E-state index in [2.05, 4.69) is 17.4 Å². The highest BCUT2D eigenvalue weighted by atomic mass is 16.4. The minimum atomic E-state index is -0.104. The number of carbonyl (C=O) groups excluding carboxylic acids is 1. The lowest BCUT2D eigenvalue weighted by Crippen LogP contribution is -2.41. The van der Waals surface area contributed by atoms with E-state index in [1.54, 1.807) is 24.3 Å². The maximum absolute atomic E-state index is 12.2. The summed E-state index contributed by atoms with van der Waals surface area (Å²) >= 11 is 0. The molecule has 1 atom stereocenters. The largest absolute Gasteiger partial charge is 0.409 e. The molecule has 108 valence electrons. The third-order valence-corrected chi connectivity index (χ3v) is 3.46. The van der Waals surface area contributed by atoms with Gasteiger partial charge in [0.15, 0.2) is 5.84 Å². The number of anilines is 1. The zero-order valence-electron chi connectivity index (χ0n) is 11.5. The van der Waals surface area contributed by atoms with Crippen molar-refractivity contribution in [2.75, 3.05) is 18.4 Å². The Morgan fingerprint density at radius 3 is 3.05 bits per heavy atom. The minimum absolute atomic E-state index is 0.0210. The molecule has 1 aliphatic rings. The molecule has 1 unspecified atom stereocenters. The van der Waals surface area contributed by atoms with Gasteiger partial charge in [0, 0.05) is 24.3 Å². The molecule has 1 aromatic carbocycles. The van der Waals surface area contributed by atoms with Crippen molar-refractivity contribution in [2.24, 2.45) is 16.8 Å². The summed E-state index contributed by atoms with van der Waals surface area (Å²) in [5.74, 6) is 0.561. The fraction of sp³-hybridized carbons (Fsp3) is 0.429. The minimum Gasteiger partial charge on any atom is -0.409 e. The Labute approximate surface area is 118 Å². The van der Waals surface area contributed by atoms with Crippen molar-refractivity contribution in [3.63, 3.8) is 0 Å². The van der Waals surface area contributed by atoms with Gasteiger partial charge in [0.2, 0.25) is 0 Å². The molecular weight excluding hydrogens is 256 g/mol.